The van der Waals surface area contributed by atoms with Gasteiger partial charge in [-0.2, -0.15) is 0 Å². The number of benzene rings is 1. The summed E-state index contributed by atoms with van der Waals surface area (Å²) in [6.45, 7) is 1.43. The monoisotopic (exact) mass is 287 g/mol. The molecule has 1 aromatic carbocycles. The van der Waals surface area contributed by atoms with Crippen molar-refractivity contribution in [1.29, 1.82) is 0 Å². The molecule has 5 heteroatoms. The molecule has 0 aliphatic carbocycles. The van der Waals surface area contributed by atoms with Gasteiger partial charge in [-0.3, -0.25) is 4.79 Å². The zero-order valence-electron chi connectivity index (χ0n) is 11.4. The number of rotatable bonds is 4. The fraction of sp³-hybridized carbons (Fsp3) is 0.333. The Labute approximate surface area is 122 Å². The van der Waals surface area contributed by atoms with E-state index in [1.165, 1.54) is 5.56 Å². The number of hydrogen-bond donors (Lipinski definition) is 1. The minimum absolute atomic E-state index is 0.168. The molecule has 0 bridgehead atoms. The lowest BCUT2D eigenvalue weighted by molar-refractivity contribution is -0.130. The highest BCUT2D eigenvalue weighted by Crippen LogP contribution is 2.33. The molecule has 4 nitrogen and oxygen atoms in total. The predicted octanol–water partition coefficient (Wildman–Crippen LogP) is 2.70. The normalized spacial score (nSPS) is 16.6. The summed E-state index contributed by atoms with van der Waals surface area (Å²) in [4.78, 5) is 18.3. The van der Waals surface area contributed by atoms with Gasteiger partial charge in [-0.1, -0.05) is 18.2 Å². The molecule has 1 amide bonds. The van der Waals surface area contributed by atoms with Gasteiger partial charge >= 0.3 is 0 Å². The quantitative estimate of drug-likeness (QED) is 0.940. The first-order chi connectivity index (χ1) is 9.74. The van der Waals surface area contributed by atoms with Crippen LogP contribution in [0.3, 0.4) is 0 Å². The molecule has 0 spiro atoms. The average Bonchev–Trinajstić information content (AvgIpc) is 3.09. The van der Waals surface area contributed by atoms with Crippen LogP contribution in [0.5, 0.6) is 0 Å². The lowest BCUT2D eigenvalue weighted by atomic mass is 9.97. The van der Waals surface area contributed by atoms with Gasteiger partial charge in [0.15, 0.2) is 0 Å². The predicted molar refractivity (Wildman–Crippen MR) is 80.9 cm³/mol. The molecule has 1 aliphatic heterocycles. The fourth-order valence-electron chi connectivity index (χ4n) is 2.55. The number of nitrogens with one attached hydrogen (secondary N) is 1. The van der Waals surface area contributed by atoms with E-state index >= 15 is 0 Å². The van der Waals surface area contributed by atoms with Gasteiger partial charge in [0.05, 0.1) is 17.7 Å². The van der Waals surface area contributed by atoms with Crippen LogP contribution in [-0.2, 0) is 11.3 Å². The molecule has 1 aliphatic rings. The van der Waals surface area contributed by atoms with Crippen molar-refractivity contribution in [3.05, 3.63) is 46.4 Å². The fourth-order valence-corrected chi connectivity index (χ4v) is 3.10. The molecule has 3 rings (SSSR count). The minimum Gasteiger partial charge on any atom is -0.384 e. The summed E-state index contributed by atoms with van der Waals surface area (Å²) in [6.07, 6.45) is 0.546. The summed E-state index contributed by atoms with van der Waals surface area (Å²) in [6, 6.07) is 8.22. The third-order valence-corrected chi connectivity index (χ3v) is 4.30. The second-order valence-corrected chi connectivity index (χ2v) is 5.82. The van der Waals surface area contributed by atoms with Crippen molar-refractivity contribution in [2.75, 3.05) is 18.9 Å². The highest BCUT2D eigenvalue weighted by molar-refractivity contribution is 7.07. The number of amides is 1. The van der Waals surface area contributed by atoms with E-state index in [0.717, 1.165) is 17.9 Å². The maximum absolute atomic E-state index is 12.3. The van der Waals surface area contributed by atoms with Crippen LogP contribution in [0.1, 0.15) is 23.6 Å². The number of carbonyl (C=O) groups excluding carboxylic acids is 1. The van der Waals surface area contributed by atoms with Crippen LogP contribution in [0.4, 0.5) is 5.69 Å². The maximum atomic E-state index is 12.3. The summed E-state index contributed by atoms with van der Waals surface area (Å²) in [5.41, 5.74) is 5.16. The molecule has 104 valence electrons. The van der Waals surface area contributed by atoms with Gasteiger partial charge in [0.25, 0.3) is 0 Å². The third kappa shape index (κ3) is 2.67. The van der Waals surface area contributed by atoms with Crippen LogP contribution >= 0.6 is 11.3 Å². The van der Waals surface area contributed by atoms with Crippen molar-refractivity contribution in [2.45, 2.75) is 18.9 Å². The number of aromatic nitrogens is 1. The molecule has 0 fully saturated rings. The van der Waals surface area contributed by atoms with Crippen LogP contribution in [0.2, 0.25) is 0 Å². The number of para-hydroxylation sites is 1. The summed E-state index contributed by atoms with van der Waals surface area (Å²) < 4.78 is 0. The Kier molecular flexibility index (Phi) is 3.69. The summed E-state index contributed by atoms with van der Waals surface area (Å²) in [5.74, 6) is 0.443. The number of carbonyl (C=O) groups is 1. The first-order valence-electron chi connectivity index (χ1n) is 6.68. The van der Waals surface area contributed by atoms with Crippen molar-refractivity contribution in [3.8, 4) is 0 Å². The van der Waals surface area contributed by atoms with Crippen LogP contribution in [0.25, 0.3) is 0 Å². The summed E-state index contributed by atoms with van der Waals surface area (Å²) in [5, 5.41) is 5.34. The van der Waals surface area contributed by atoms with Crippen molar-refractivity contribution in [1.82, 2.24) is 9.88 Å². The minimum atomic E-state index is 0.168. The molecular formula is C15H17N3OS. The maximum Gasteiger partial charge on any atom is 0.223 e. The van der Waals surface area contributed by atoms with Crippen LogP contribution in [0, 0.1) is 0 Å². The molecule has 0 saturated heterocycles. The van der Waals surface area contributed by atoms with E-state index in [0.29, 0.717) is 13.0 Å². The SMILES string of the molecule is CN(Cc1cscn1)C(=O)CC1CNc2ccccc21. The molecule has 1 aromatic heterocycles. The van der Waals surface area contributed by atoms with E-state index in [9.17, 15) is 4.79 Å². The van der Waals surface area contributed by atoms with Gasteiger partial charge in [-0.05, 0) is 11.6 Å². The largest absolute Gasteiger partial charge is 0.384 e. The van der Waals surface area contributed by atoms with Gasteiger partial charge in [0, 0.05) is 37.0 Å². The van der Waals surface area contributed by atoms with Gasteiger partial charge < -0.3 is 10.2 Å². The van der Waals surface area contributed by atoms with Gasteiger partial charge in [-0.25, -0.2) is 4.98 Å². The van der Waals surface area contributed by atoms with Crippen LogP contribution < -0.4 is 5.32 Å². The third-order valence-electron chi connectivity index (χ3n) is 3.67. The Hall–Kier alpha value is -1.88. The Morgan fingerprint density at radius 3 is 3.15 bits per heavy atom. The van der Waals surface area contributed by atoms with E-state index in [1.54, 1.807) is 21.7 Å². The second-order valence-electron chi connectivity index (χ2n) is 5.10. The number of hydrogen-bond acceptors (Lipinski definition) is 4. The lowest BCUT2D eigenvalue weighted by Crippen LogP contribution is -2.28. The average molecular weight is 287 g/mol. The van der Waals surface area contributed by atoms with E-state index < -0.39 is 0 Å². The van der Waals surface area contributed by atoms with E-state index in [-0.39, 0.29) is 11.8 Å². The Balaban J connectivity index is 1.62. The van der Waals surface area contributed by atoms with Crippen molar-refractivity contribution < 1.29 is 4.79 Å². The van der Waals surface area contributed by atoms with Crippen LogP contribution in [-0.4, -0.2) is 29.4 Å². The first-order valence-corrected chi connectivity index (χ1v) is 7.62. The molecule has 20 heavy (non-hydrogen) atoms. The first kappa shape index (κ1) is 13.1. The lowest BCUT2D eigenvalue weighted by Gasteiger charge is -2.18. The Bertz CT molecular complexity index is 597. The van der Waals surface area contributed by atoms with Gasteiger partial charge in [-0.15, -0.1) is 11.3 Å². The van der Waals surface area contributed by atoms with Crippen LogP contribution in [0.15, 0.2) is 35.2 Å². The Morgan fingerprint density at radius 2 is 2.35 bits per heavy atom. The molecule has 1 unspecified atom stereocenters. The summed E-state index contributed by atoms with van der Waals surface area (Å²) in [7, 11) is 1.84. The van der Waals surface area contributed by atoms with Crippen molar-refractivity contribution >= 4 is 22.9 Å². The van der Waals surface area contributed by atoms with E-state index in [2.05, 4.69) is 22.4 Å². The molecule has 1 atom stereocenters. The topological polar surface area (TPSA) is 45.2 Å². The molecule has 0 saturated carbocycles. The molecule has 2 heterocycles. The number of anilines is 1. The van der Waals surface area contributed by atoms with E-state index in [1.807, 2.05) is 24.6 Å². The highest BCUT2D eigenvalue weighted by atomic mass is 32.1. The number of nitrogens with zero attached hydrogens (tertiary/aromatic N) is 2. The number of fused-ring (bicyclic) bond motifs is 1. The second kappa shape index (κ2) is 5.63. The molecule has 2 aromatic rings. The highest BCUT2D eigenvalue weighted by Gasteiger charge is 2.25. The van der Waals surface area contributed by atoms with Gasteiger partial charge in [0.2, 0.25) is 5.91 Å². The molecule has 0 radical (unpaired) electrons. The van der Waals surface area contributed by atoms with Crippen molar-refractivity contribution in [2.24, 2.45) is 0 Å². The zero-order valence-corrected chi connectivity index (χ0v) is 12.2. The summed E-state index contributed by atoms with van der Waals surface area (Å²) >= 11 is 1.56. The smallest absolute Gasteiger partial charge is 0.223 e. The standard InChI is InChI=1S/C15H17N3OS/c1-18(8-12-9-20-10-17-12)15(19)6-11-7-16-14-5-3-2-4-13(11)14/h2-5,9-11,16H,6-8H2,1H3. The van der Waals surface area contributed by atoms with E-state index in [4.69, 9.17) is 0 Å². The Morgan fingerprint density at radius 1 is 1.50 bits per heavy atom. The number of thiazole rings is 1. The molecular weight excluding hydrogens is 270 g/mol. The molecule has 1 N–H and O–H groups in total. The zero-order chi connectivity index (χ0) is 13.9. The van der Waals surface area contributed by atoms with Crippen molar-refractivity contribution in [3.63, 3.8) is 0 Å². The van der Waals surface area contributed by atoms with Gasteiger partial charge in [0.1, 0.15) is 0 Å².